The first-order chi connectivity index (χ1) is 6.52. The quantitative estimate of drug-likeness (QED) is 0.779. The van der Waals surface area contributed by atoms with Crippen molar-refractivity contribution < 1.29 is 0 Å². The third-order valence-corrected chi connectivity index (χ3v) is 2.64. The molecular weight excluding hydrogens is 170 g/mol. The SMILES string of the molecule is Cc1cccc(C)c1[C@H](N)CC(C)C. The molecule has 78 valence electrons. The van der Waals surface area contributed by atoms with Gasteiger partial charge in [0.1, 0.15) is 0 Å². The largest absolute Gasteiger partial charge is 0.324 e. The standard InChI is InChI=1S/C13H21N/c1-9(2)8-12(14)13-10(3)6-5-7-11(13)4/h5-7,9,12H,8,14H2,1-4H3/t12-/m1/s1. The summed E-state index contributed by atoms with van der Waals surface area (Å²) in [4.78, 5) is 0. The molecule has 0 bridgehead atoms. The molecule has 1 aromatic carbocycles. The maximum atomic E-state index is 6.20. The second kappa shape index (κ2) is 4.61. The van der Waals surface area contributed by atoms with Crippen LogP contribution < -0.4 is 5.73 Å². The molecule has 1 nitrogen and oxygen atoms in total. The van der Waals surface area contributed by atoms with Gasteiger partial charge in [0.15, 0.2) is 0 Å². The fourth-order valence-electron chi connectivity index (χ4n) is 2.04. The Balaban J connectivity index is 2.94. The molecule has 1 aromatic rings. The van der Waals surface area contributed by atoms with Crippen molar-refractivity contribution >= 4 is 0 Å². The summed E-state index contributed by atoms with van der Waals surface area (Å²) >= 11 is 0. The molecule has 14 heavy (non-hydrogen) atoms. The summed E-state index contributed by atoms with van der Waals surface area (Å²) in [6.45, 7) is 8.71. The molecule has 1 heteroatoms. The van der Waals surface area contributed by atoms with Gasteiger partial charge in [-0.2, -0.15) is 0 Å². The van der Waals surface area contributed by atoms with E-state index in [4.69, 9.17) is 5.73 Å². The zero-order chi connectivity index (χ0) is 10.7. The fourth-order valence-corrected chi connectivity index (χ4v) is 2.04. The van der Waals surface area contributed by atoms with Gasteiger partial charge in [0.05, 0.1) is 0 Å². The Hall–Kier alpha value is -0.820. The van der Waals surface area contributed by atoms with Crippen molar-refractivity contribution in [2.45, 2.75) is 40.2 Å². The molecule has 1 atom stereocenters. The second-order valence-electron chi connectivity index (χ2n) is 4.54. The van der Waals surface area contributed by atoms with Crippen molar-refractivity contribution in [2.24, 2.45) is 11.7 Å². The van der Waals surface area contributed by atoms with E-state index in [0.29, 0.717) is 5.92 Å². The van der Waals surface area contributed by atoms with Gasteiger partial charge in [-0.3, -0.25) is 0 Å². The van der Waals surface area contributed by atoms with Crippen LogP contribution in [0.1, 0.15) is 43.0 Å². The Bertz CT molecular complexity index is 282. The first-order valence-corrected chi connectivity index (χ1v) is 5.34. The van der Waals surface area contributed by atoms with Gasteiger partial charge in [-0.25, -0.2) is 0 Å². The van der Waals surface area contributed by atoms with Crippen LogP contribution in [0.3, 0.4) is 0 Å². The van der Waals surface area contributed by atoms with E-state index in [1.54, 1.807) is 0 Å². The number of benzene rings is 1. The molecule has 0 aliphatic carbocycles. The summed E-state index contributed by atoms with van der Waals surface area (Å²) < 4.78 is 0. The molecule has 0 aromatic heterocycles. The zero-order valence-corrected chi connectivity index (χ0v) is 9.67. The molecular formula is C13H21N. The van der Waals surface area contributed by atoms with E-state index in [1.165, 1.54) is 16.7 Å². The van der Waals surface area contributed by atoms with E-state index in [1.807, 2.05) is 0 Å². The number of aryl methyl sites for hydroxylation is 2. The average Bonchev–Trinajstić information content (AvgIpc) is 2.01. The summed E-state index contributed by atoms with van der Waals surface area (Å²) in [6, 6.07) is 6.57. The van der Waals surface area contributed by atoms with Gasteiger partial charge < -0.3 is 5.73 Å². The molecule has 0 aliphatic heterocycles. The minimum absolute atomic E-state index is 0.191. The van der Waals surface area contributed by atoms with Gasteiger partial charge in [0.25, 0.3) is 0 Å². The maximum Gasteiger partial charge on any atom is 0.0302 e. The van der Waals surface area contributed by atoms with Crippen LogP contribution in [0.25, 0.3) is 0 Å². The van der Waals surface area contributed by atoms with Crippen molar-refractivity contribution in [1.29, 1.82) is 0 Å². The molecule has 1 rings (SSSR count). The van der Waals surface area contributed by atoms with Crippen molar-refractivity contribution in [3.05, 3.63) is 34.9 Å². The van der Waals surface area contributed by atoms with Crippen LogP contribution in [-0.4, -0.2) is 0 Å². The van der Waals surface area contributed by atoms with Gasteiger partial charge in [-0.05, 0) is 42.9 Å². The van der Waals surface area contributed by atoms with E-state index in [-0.39, 0.29) is 6.04 Å². The number of hydrogen-bond acceptors (Lipinski definition) is 1. The van der Waals surface area contributed by atoms with Crippen LogP contribution in [0, 0.1) is 19.8 Å². The summed E-state index contributed by atoms with van der Waals surface area (Å²) in [6.07, 6.45) is 1.06. The summed E-state index contributed by atoms with van der Waals surface area (Å²) in [7, 11) is 0. The van der Waals surface area contributed by atoms with E-state index in [9.17, 15) is 0 Å². The number of nitrogens with two attached hydrogens (primary N) is 1. The lowest BCUT2D eigenvalue weighted by Gasteiger charge is -2.19. The Morgan fingerprint density at radius 3 is 2.07 bits per heavy atom. The highest BCUT2D eigenvalue weighted by atomic mass is 14.6. The first-order valence-electron chi connectivity index (χ1n) is 5.34. The topological polar surface area (TPSA) is 26.0 Å². The van der Waals surface area contributed by atoms with E-state index in [0.717, 1.165) is 6.42 Å². The van der Waals surface area contributed by atoms with E-state index < -0.39 is 0 Å². The molecule has 0 radical (unpaired) electrons. The van der Waals surface area contributed by atoms with Crippen LogP contribution in [0.4, 0.5) is 0 Å². The van der Waals surface area contributed by atoms with Crippen molar-refractivity contribution in [3.8, 4) is 0 Å². The molecule has 0 saturated heterocycles. The third kappa shape index (κ3) is 2.58. The molecule has 0 aliphatic rings. The highest BCUT2D eigenvalue weighted by Gasteiger charge is 2.12. The summed E-state index contributed by atoms with van der Waals surface area (Å²) in [5, 5.41) is 0. The van der Waals surface area contributed by atoms with Crippen LogP contribution in [0.5, 0.6) is 0 Å². The lowest BCUT2D eigenvalue weighted by Crippen LogP contribution is -2.15. The van der Waals surface area contributed by atoms with Gasteiger partial charge in [0, 0.05) is 6.04 Å². The minimum Gasteiger partial charge on any atom is -0.324 e. The monoisotopic (exact) mass is 191 g/mol. The lowest BCUT2D eigenvalue weighted by atomic mass is 9.91. The Kier molecular flexibility index (Phi) is 3.70. The minimum atomic E-state index is 0.191. The van der Waals surface area contributed by atoms with Crippen LogP contribution in [0.15, 0.2) is 18.2 Å². The van der Waals surface area contributed by atoms with Gasteiger partial charge in [0.2, 0.25) is 0 Å². The second-order valence-corrected chi connectivity index (χ2v) is 4.54. The van der Waals surface area contributed by atoms with Gasteiger partial charge >= 0.3 is 0 Å². The number of rotatable bonds is 3. The third-order valence-electron chi connectivity index (χ3n) is 2.64. The molecule has 0 saturated carbocycles. The summed E-state index contributed by atoms with van der Waals surface area (Å²) in [5.74, 6) is 0.656. The molecule has 0 amide bonds. The fraction of sp³-hybridized carbons (Fsp3) is 0.538. The molecule has 0 spiro atoms. The average molecular weight is 191 g/mol. The van der Waals surface area contributed by atoms with Crippen molar-refractivity contribution in [3.63, 3.8) is 0 Å². The highest BCUT2D eigenvalue weighted by Crippen LogP contribution is 2.24. The maximum absolute atomic E-state index is 6.20. The normalized spacial score (nSPS) is 13.3. The molecule has 2 N–H and O–H groups in total. The Morgan fingerprint density at radius 2 is 1.64 bits per heavy atom. The Labute approximate surface area is 87.3 Å². The zero-order valence-electron chi connectivity index (χ0n) is 9.67. The van der Waals surface area contributed by atoms with Gasteiger partial charge in [-0.15, -0.1) is 0 Å². The van der Waals surface area contributed by atoms with Crippen LogP contribution in [-0.2, 0) is 0 Å². The predicted molar refractivity (Wildman–Crippen MR) is 62.3 cm³/mol. The number of hydrogen-bond donors (Lipinski definition) is 1. The van der Waals surface area contributed by atoms with Crippen molar-refractivity contribution in [1.82, 2.24) is 0 Å². The van der Waals surface area contributed by atoms with Gasteiger partial charge in [-0.1, -0.05) is 32.0 Å². The van der Waals surface area contributed by atoms with Crippen LogP contribution >= 0.6 is 0 Å². The molecule has 0 heterocycles. The predicted octanol–water partition coefficient (Wildman–Crippen LogP) is 3.35. The highest BCUT2D eigenvalue weighted by molar-refractivity contribution is 5.35. The lowest BCUT2D eigenvalue weighted by molar-refractivity contribution is 0.507. The smallest absolute Gasteiger partial charge is 0.0302 e. The van der Waals surface area contributed by atoms with E-state index in [2.05, 4.69) is 45.9 Å². The molecule has 0 fully saturated rings. The molecule has 0 unspecified atom stereocenters. The van der Waals surface area contributed by atoms with Crippen molar-refractivity contribution in [2.75, 3.05) is 0 Å². The van der Waals surface area contributed by atoms with Crippen LogP contribution in [0.2, 0.25) is 0 Å². The summed E-state index contributed by atoms with van der Waals surface area (Å²) in [5.41, 5.74) is 10.2. The first kappa shape index (κ1) is 11.3. The van der Waals surface area contributed by atoms with E-state index >= 15 is 0 Å². The Morgan fingerprint density at radius 1 is 1.14 bits per heavy atom.